The molecule has 0 fully saturated rings. The number of alkyl halides is 7. The number of halogens is 7. The molecule has 9 heteroatoms. The number of rotatable bonds is 6. The van der Waals surface area contributed by atoms with Crippen molar-refractivity contribution in [3.63, 3.8) is 0 Å². The molecule has 0 aliphatic carbocycles. The molecule has 0 aromatic heterocycles. The highest BCUT2D eigenvalue weighted by Gasteiger charge is 2.73. The number of hydrogen-bond donors (Lipinski definition) is 0. The predicted octanol–water partition coefficient (Wildman–Crippen LogP) is 4.66. The van der Waals surface area contributed by atoms with E-state index in [0.29, 0.717) is 5.69 Å². The van der Waals surface area contributed by atoms with Crippen LogP contribution in [0, 0.1) is 0 Å². The Hall–Kier alpha value is -1.51. The van der Waals surface area contributed by atoms with Crippen LogP contribution >= 0.6 is 0 Å². The lowest BCUT2D eigenvalue weighted by Gasteiger charge is -2.30. The van der Waals surface area contributed by atoms with Gasteiger partial charge in [0.2, 0.25) is 0 Å². The van der Waals surface area contributed by atoms with Gasteiger partial charge in [-0.05, 0) is 17.7 Å². The average molecular weight is 347 g/mol. The summed E-state index contributed by atoms with van der Waals surface area (Å²) in [5.41, 5.74) is 0.784. The zero-order valence-electron chi connectivity index (χ0n) is 12.6. The van der Waals surface area contributed by atoms with Crippen LogP contribution in [0.2, 0.25) is 0 Å². The highest BCUT2D eigenvalue weighted by Crippen LogP contribution is 2.50. The van der Waals surface area contributed by atoms with Gasteiger partial charge in [-0.3, -0.25) is 0 Å². The molecule has 1 unspecified atom stereocenters. The fraction of sp³-hybridized carbons (Fsp3) is 0.571. The summed E-state index contributed by atoms with van der Waals surface area (Å²) in [4.78, 5) is 1.71. The molecule has 0 heterocycles. The smallest absolute Gasteiger partial charge is 0.378 e. The zero-order chi connectivity index (χ0) is 18.1. The van der Waals surface area contributed by atoms with Crippen LogP contribution in [-0.2, 0) is 4.74 Å². The van der Waals surface area contributed by atoms with Crippen LogP contribution in [0.1, 0.15) is 18.1 Å². The largest absolute Gasteiger partial charge is 0.459 e. The minimum Gasteiger partial charge on any atom is -0.378 e. The van der Waals surface area contributed by atoms with Crippen molar-refractivity contribution in [1.29, 1.82) is 0 Å². The van der Waals surface area contributed by atoms with Gasteiger partial charge in [-0.1, -0.05) is 12.1 Å². The van der Waals surface area contributed by atoms with Crippen molar-refractivity contribution in [3.8, 4) is 0 Å². The summed E-state index contributed by atoms with van der Waals surface area (Å²) in [6.07, 6.45) is -9.74. The van der Waals surface area contributed by atoms with E-state index in [2.05, 4.69) is 4.74 Å². The van der Waals surface area contributed by atoms with E-state index < -0.39 is 30.5 Å². The second-order valence-corrected chi connectivity index (χ2v) is 5.19. The quantitative estimate of drug-likeness (QED) is 0.694. The summed E-state index contributed by atoms with van der Waals surface area (Å²) in [7, 11) is 4.41. The molecule has 0 bridgehead atoms. The van der Waals surface area contributed by atoms with Crippen molar-refractivity contribution in [2.45, 2.75) is 30.5 Å². The maximum atomic E-state index is 13.5. The lowest BCUT2D eigenvalue weighted by Crippen LogP contribution is -2.52. The molecule has 0 radical (unpaired) electrons. The first-order valence-electron chi connectivity index (χ1n) is 6.46. The van der Waals surface area contributed by atoms with Crippen LogP contribution in [0.15, 0.2) is 24.3 Å². The van der Waals surface area contributed by atoms with Gasteiger partial charge in [0.25, 0.3) is 0 Å². The number of methoxy groups -OCH3 is 1. The Morgan fingerprint density at radius 3 is 1.78 bits per heavy atom. The summed E-state index contributed by atoms with van der Waals surface area (Å²) in [6.45, 7) is 0. The van der Waals surface area contributed by atoms with Crippen molar-refractivity contribution in [2.75, 3.05) is 26.1 Å². The van der Waals surface area contributed by atoms with Gasteiger partial charge in [-0.15, -0.1) is 0 Å². The lowest BCUT2D eigenvalue weighted by molar-refractivity contribution is -0.358. The third kappa shape index (κ3) is 4.07. The predicted molar refractivity (Wildman–Crippen MR) is 71.1 cm³/mol. The fourth-order valence-corrected chi connectivity index (χ4v) is 1.89. The van der Waals surface area contributed by atoms with E-state index in [1.807, 2.05) is 0 Å². The number of anilines is 1. The summed E-state index contributed by atoms with van der Waals surface area (Å²) in [5.74, 6) is -11.4. The van der Waals surface area contributed by atoms with E-state index >= 15 is 0 Å². The molecular formula is C14H16F7NO. The first kappa shape index (κ1) is 19.5. The molecule has 1 atom stereocenters. The van der Waals surface area contributed by atoms with Gasteiger partial charge in [0, 0.05) is 33.3 Å². The normalized spacial score (nSPS) is 14.7. The Morgan fingerprint density at radius 2 is 1.43 bits per heavy atom. The molecule has 132 valence electrons. The van der Waals surface area contributed by atoms with Crippen LogP contribution < -0.4 is 4.90 Å². The van der Waals surface area contributed by atoms with Crippen molar-refractivity contribution >= 4 is 5.69 Å². The second-order valence-electron chi connectivity index (χ2n) is 5.19. The lowest BCUT2D eigenvalue weighted by atomic mass is 9.98. The average Bonchev–Trinajstić information content (AvgIpc) is 2.43. The third-order valence-electron chi connectivity index (χ3n) is 3.32. The fourth-order valence-electron chi connectivity index (χ4n) is 1.89. The SMILES string of the molecule is COC(CC(F)(F)C(F)(F)C(F)(F)F)c1ccc(N(C)C)cc1. The Bertz CT molecular complexity index is 511. The Balaban J connectivity index is 3.03. The topological polar surface area (TPSA) is 12.5 Å². The maximum Gasteiger partial charge on any atom is 0.459 e. The van der Waals surface area contributed by atoms with Gasteiger partial charge in [0.05, 0.1) is 6.10 Å². The van der Waals surface area contributed by atoms with Gasteiger partial charge in [0.15, 0.2) is 0 Å². The van der Waals surface area contributed by atoms with Gasteiger partial charge in [0.1, 0.15) is 0 Å². The number of benzene rings is 1. The van der Waals surface area contributed by atoms with Crippen LogP contribution in [0.5, 0.6) is 0 Å². The Kier molecular flexibility index (Phi) is 5.56. The number of hydrogen-bond acceptors (Lipinski definition) is 2. The second kappa shape index (κ2) is 6.54. The van der Waals surface area contributed by atoms with Gasteiger partial charge < -0.3 is 9.64 Å². The summed E-state index contributed by atoms with van der Waals surface area (Å²) < 4.78 is 94.0. The first-order valence-corrected chi connectivity index (χ1v) is 6.46. The van der Waals surface area contributed by atoms with Gasteiger partial charge in [-0.2, -0.15) is 30.7 Å². The summed E-state index contributed by atoms with van der Waals surface area (Å²) in [5, 5.41) is 0. The molecule has 0 N–H and O–H groups in total. The van der Waals surface area contributed by atoms with Crippen molar-refractivity contribution in [2.24, 2.45) is 0 Å². The monoisotopic (exact) mass is 347 g/mol. The molecule has 0 saturated heterocycles. The minimum atomic E-state index is -6.34. The van der Waals surface area contributed by atoms with E-state index in [1.54, 1.807) is 19.0 Å². The van der Waals surface area contributed by atoms with E-state index in [4.69, 9.17) is 0 Å². The van der Waals surface area contributed by atoms with Gasteiger partial charge >= 0.3 is 18.0 Å². The van der Waals surface area contributed by atoms with Crippen LogP contribution in [0.4, 0.5) is 36.4 Å². The molecular weight excluding hydrogens is 331 g/mol. The summed E-state index contributed by atoms with van der Waals surface area (Å²) in [6, 6.07) is 5.71. The molecule has 1 aromatic carbocycles. The Morgan fingerprint density at radius 1 is 0.957 bits per heavy atom. The Labute approximate surface area is 128 Å². The molecule has 0 spiro atoms. The van der Waals surface area contributed by atoms with E-state index in [9.17, 15) is 30.7 Å². The summed E-state index contributed by atoms with van der Waals surface area (Å²) >= 11 is 0. The van der Waals surface area contributed by atoms with Crippen molar-refractivity contribution in [3.05, 3.63) is 29.8 Å². The number of ether oxygens (including phenoxy) is 1. The van der Waals surface area contributed by atoms with Crippen molar-refractivity contribution in [1.82, 2.24) is 0 Å². The zero-order valence-corrected chi connectivity index (χ0v) is 12.6. The molecule has 0 aliphatic rings. The van der Waals surface area contributed by atoms with Crippen LogP contribution in [-0.4, -0.2) is 39.2 Å². The molecule has 2 nitrogen and oxygen atoms in total. The van der Waals surface area contributed by atoms with Crippen molar-refractivity contribution < 1.29 is 35.5 Å². The molecule has 1 aromatic rings. The standard InChI is InChI=1S/C14H16F7NO/c1-22(2)10-6-4-9(5-7-10)11(23-3)8-12(15,16)13(17,18)14(19,20)21/h4-7,11H,8H2,1-3H3. The van der Waals surface area contributed by atoms with E-state index in [1.165, 1.54) is 24.3 Å². The van der Waals surface area contributed by atoms with Crippen LogP contribution in [0.3, 0.4) is 0 Å². The third-order valence-corrected chi connectivity index (χ3v) is 3.32. The minimum absolute atomic E-state index is 0.0794. The molecule has 0 saturated carbocycles. The number of nitrogens with zero attached hydrogens (tertiary/aromatic N) is 1. The molecule has 1 rings (SSSR count). The van der Waals surface area contributed by atoms with Crippen LogP contribution in [0.25, 0.3) is 0 Å². The molecule has 0 aliphatic heterocycles. The first-order chi connectivity index (χ1) is 10.3. The van der Waals surface area contributed by atoms with E-state index in [-0.39, 0.29) is 5.56 Å². The highest BCUT2D eigenvalue weighted by molar-refractivity contribution is 5.46. The van der Waals surface area contributed by atoms with E-state index in [0.717, 1.165) is 7.11 Å². The molecule has 0 amide bonds. The highest BCUT2D eigenvalue weighted by atomic mass is 19.4. The maximum absolute atomic E-state index is 13.5. The molecule has 23 heavy (non-hydrogen) atoms. The van der Waals surface area contributed by atoms with Gasteiger partial charge in [-0.25, -0.2) is 0 Å².